The van der Waals surface area contributed by atoms with Crippen LogP contribution in [0.4, 0.5) is 10.1 Å². The van der Waals surface area contributed by atoms with Crippen molar-refractivity contribution in [2.75, 3.05) is 0 Å². The second-order valence-corrected chi connectivity index (χ2v) is 4.10. The number of aromatic nitrogens is 1. The molecule has 1 heterocycles. The third-order valence-corrected chi connectivity index (χ3v) is 2.80. The molecule has 0 N–H and O–H groups in total. The first-order chi connectivity index (χ1) is 10.0. The molecule has 0 fully saturated rings. The number of pyridine rings is 1. The molecule has 0 aliphatic heterocycles. The summed E-state index contributed by atoms with van der Waals surface area (Å²) < 4.78 is 13.8. The molecule has 1 unspecified atom stereocenters. The number of nitrogens with zero attached hydrogens (tertiary/aromatic N) is 3. The highest BCUT2D eigenvalue weighted by molar-refractivity contribution is 6.02. The molecule has 0 saturated carbocycles. The van der Waals surface area contributed by atoms with Crippen LogP contribution in [-0.2, 0) is 0 Å². The normalized spacial score (nSPS) is 11.4. The first-order valence-electron chi connectivity index (χ1n) is 5.83. The van der Waals surface area contributed by atoms with Gasteiger partial charge < -0.3 is 0 Å². The molecule has 0 aliphatic rings. The van der Waals surface area contributed by atoms with Crippen LogP contribution in [0.2, 0.25) is 0 Å². The number of nitro benzene ring substituents is 1. The van der Waals surface area contributed by atoms with E-state index >= 15 is 0 Å². The maximum Gasteiger partial charge on any atom is 0.272 e. The Morgan fingerprint density at radius 1 is 1.38 bits per heavy atom. The van der Waals surface area contributed by atoms with Crippen LogP contribution in [0.1, 0.15) is 22.0 Å². The van der Waals surface area contributed by atoms with Crippen molar-refractivity contribution in [3.05, 3.63) is 69.8 Å². The number of rotatable bonds is 4. The van der Waals surface area contributed by atoms with Gasteiger partial charge in [-0.2, -0.15) is 5.26 Å². The number of carbonyl (C=O) groups excluding carboxylic acids is 1. The standard InChI is InChI=1S/C14H8FN3O3/c15-12-7-9(18(20)21)4-5-10(12)14(19)11(8-16)13-3-1-2-6-17-13/h1-7,11H. The molecule has 0 aliphatic carbocycles. The number of non-ortho nitro benzene ring substituents is 1. The lowest BCUT2D eigenvalue weighted by Gasteiger charge is -2.08. The van der Waals surface area contributed by atoms with Crippen molar-refractivity contribution in [1.82, 2.24) is 4.98 Å². The summed E-state index contributed by atoms with van der Waals surface area (Å²) in [6.07, 6.45) is 1.42. The third-order valence-electron chi connectivity index (χ3n) is 2.80. The van der Waals surface area contributed by atoms with Crippen LogP contribution in [-0.4, -0.2) is 15.7 Å². The molecule has 0 radical (unpaired) electrons. The zero-order chi connectivity index (χ0) is 15.4. The maximum absolute atomic E-state index is 13.8. The Labute approximate surface area is 118 Å². The van der Waals surface area contributed by atoms with Gasteiger partial charge in [0.1, 0.15) is 5.82 Å². The van der Waals surface area contributed by atoms with Gasteiger partial charge in [0.2, 0.25) is 0 Å². The monoisotopic (exact) mass is 285 g/mol. The average Bonchev–Trinajstić information content (AvgIpc) is 2.48. The molecule has 21 heavy (non-hydrogen) atoms. The van der Waals surface area contributed by atoms with E-state index in [2.05, 4.69) is 4.98 Å². The summed E-state index contributed by atoms with van der Waals surface area (Å²) in [5.41, 5.74) is -0.643. The van der Waals surface area contributed by atoms with Crippen LogP contribution < -0.4 is 0 Å². The Balaban J connectivity index is 2.40. The Bertz CT molecular complexity index is 741. The van der Waals surface area contributed by atoms with Crippen molar-refractivity contribution in [1.29, 1.82) is 5.26 Å². The van der Waals surface area contributed by atoms with E-state index in [1.807, 2.05) is 0 Å². The molecule has 1 atom stereocenters. The fourth-order valence-electron chi connectivity index (χ4n) is 1.78. The molecule has 1 aromatic carbocycles. The number of nitriles is 1. The number of carbonyl (C=O) groups is 1. The zero-order valence-electron chi connectivity index (χ0n) is 10.6. The van der Waals surface area contributed by atoms with E-state index in [4.69, 9.17) is 5.26 Å². The highest BCUT2D eigenvalue weighted by atomic mass is 19.1. The van der Waals surface area contributed by atoms with Crippen molar-refractivity contribution in [2.24, 2.45) is 0 Å². The van der Waals surface area contributed by atoms with Gasteiger partial charge in [-0.05, 0) is 18.2 Å². The van der Waals surface area contributed by atoms with Crippen LogP contribution in [0, 0.1) is 27.3 Å². The first kappa shape index (κ1) is 14.3. The zero-order valence-corrected chi connectivity index (χ0v) is 10.6. The quantitative estimate of drug-likeness (QED) is 0.488. The van der Waals surface area contributed by atoms with Crippen LogP contribution in [0.5, 0.6) is 0 Å². The second kappa shape index (κ2) is 5.88. The number of benzene rings is 1. The summed E-state index contributed by atoms with van der Waals surface area (Å²) in [4.78, 5) is 25.9. The van der Waals surface area contributed by atoms with Crippen molar-refractivity contribution in [3.8, 4) is 6.07 Å². The van der Waals surface area contributed by atoms with E-state index in [-0.39, 0.29) is 11.3 Å². The molecule has 0 spiro atoms. The Morgan fingerprint density at radius 3 is 2.67 bits per heavy atom. The van der Waals surface area contributed by atoms with E-state index in [0.717, 1.165) is 12.1 Å². The number of hydrogen-bond donors (Lipinski definition) is 0. The highest BCUT2D eigenvalue weighted by Crippen LogP contribution is 2.23. The van der Waals surface area contributed by atoms with Crippen molar-refractivity contribution in [3.63, 3.8) is 0 Å². The van der Waals surface area contributed by atoms with Gasteiger partial charge >= 0.3 is 0 Å². The molecule has 2 aromatic rings. The van der Waals surface area contributed by atoms with Gasteiger partial charge in [-0.1, -0.05) is 6.07 Å². The van der Waals surface area contributed by atoms with Crippen molar-refractivity contribution < 1.29 is 14.1 Å². The van der Waals surface area contributed by atoms with Gasteiger partial charge in [-0.3, -0.25) is 19.9 Å². The fraction of sp³-hybridized carbons (Fsp3) is 0.0714. The van der Waals surface area contributed by atoms with Crippen LogP contribution in [0.3, 0.4) is 0 Å². The SMILES string of the molecule is N#CC(C(=O)c1ccc([N+](=O)[O-])cc1F)c1ccccn1. The first-order valence-corrected chi connectivity index (χ1v) is 5.83. The van der Waals surface area contributed by atoms with Crippen molar-refractivity contribution >= 4 is 11.5 Å². The lowest BCUT2D eigenvalue weighted by atomic mass is 9.95. The summed E-state index contributed by atoms with van der Waals surface area (Å²) in [6.45, 7) is 0. The summed E-state index contributed by atoms with van der Waals surface area (Å²) in [5, 5.41) is 19.6. The maximum atomic E-state index is 13.8. The molecule has 104 valence electrons. The molecule has 1 aromatic heterocycles. The summed E-state index contributed by atoms with van der Waals surface area (Å²) in [6, 6.07) is 9.15. The van der Waals surface area contributed by atoms with Gasteiger partial charge in [0.25, 0.3) is 5.69 Å². The summed E-state index contributed by atoms with van der Waals surface area (Å²) in [5.74, 6) is -3.09. The lowest BCUT2D eigenvalue weighted by Crippen LogP contribution is -2.14. The number of ketones is 1. The average molecular weight is 285 g/mol. The summed E-state index contributed by atoms with van der Waals surface area (Å²) in [7, 11) is 0. The Kier molecular flexibility index (Phi) is 4.00. The second-order valence-electron chi connectivity index (χ2n) is 4.10. The number of hydrogen-bond acceptors (Lipinski definition) is 5. The Morgan fingerprint density at radius 2 is 2.14 bits per heavy atom. The van der Waals surface area contributed by atoms with Crippen LogP contribution >= 0.6 is 0 Å². The van der Waals surface area contributed by atoms with Gasteiger partial charge in [0.05, 0.1) is 28.3 Å². The van der Waals surface area contributed by atoms with Gasteiger partial charge in [0, 0.05) is 12.3 Å². The van der Waals surface area contributed by atoms with Crippen LogP contribution in [0.25, 0.3) is 0 Å². The predicted molar refractivity (Wildman–Crippen MR) is 70.0 cm³/mol. The number of nitro groups is 1. The number of Topliss-reactive ketones (excluding diaryl/α,β-unsaturated/α-hetero) is 1. The molecular weight excluding hydrogens is 277 g/mol. The molecule has 0 bridgehead atoms. The van der Waals surface area contributed by atoms with E-state index in [1.54, 1.807) is 18.2 Å². The van der Waals surface area contributed by atoms with E-state index in [0.29, 0.717) is 6.07 Å². The molecule has 0 amide bonds. The highest BCUT2D eigenvalue weighted by Gasteiger charge is 2.26. The molecule has 6 nitrogen and oxygen atoms in total. The minimum Gasteiger partial charge on any atom is -0.292 e. The van der Waals surface area contributed by atoms with E-state index < -0.39 is 28.1 Å². The van der Waals surface area contributed by atoms with Crippen LogP contribution in [0.15, 0.2) is 42.6 Å². The minimum atomic E-state index is -1.26. The molecule has 7 heteroatoms. The van der Waals surface area contributed by atoms with E-state index in [9.17, 15) is 19.3 Å². The fourth-order valence-corrected chi connectivity index (χ4v) is 1.78. The van der Waals surface area contributed by atoms with Crippen molar-refractivity contribution in [2.45, 2.75) is 5.92 Å². The summed E-state index contributed by atoms with van der Waals surface area (Å²) >= 11 is 0. The third kappa shape index (κ3) is 2.90. The number of halogens is 1. The van der Waals surface area contributed by atoms with E-state index in [1.165, 1.54) is 12.3 Å². The van der Waals surface area contributed by atoms with Gasteiger partial charge in [0.15, 0.2) is 11.7 Å². The van der Waals surface area contributed by atoms with Gasteiger partial charge in [-0.25, -0.2) is 4.39 Å². The molecular formula is C14H8FN3O3. The Hall–Kier alpha value is -3.14. The lowest BCUT2D eigenvalue weighted by molar-refractivity contribution is -0.385. The molecule has 0 saturated heterocycles. The topological polar surface area (TPSA) is 96.9 Å². The van der Waals surface area contributed by atoms with Gasteiger partial charge in [-0.15, -0.1) is 0 Å². The smallest absolute Gasteiger partial charge is 0.272 e. The minimum absolute atomic E-state index is 0.197. The largest absolute Gasteiger partial charge is 0.292 e. The predicted octanol–water partition coefficient (Wildman–Crippen LogP) is 2.62. The molecule has 2 rings (SSSR count).